The van der Waals surface area contributed by atoms with Crippen LogP contribution in [0.2, 0.25) is 0 Å². The molecule has 1 fully saturated rings. The van der Waals surface area contributed by atoms with Gasteiger partial charge in [-0.1, -0.05) is 103 Å². The fourth-order valence-corrected chi connectivity index (χ4v) is 5.67. The van der Waals surface area contributed by atoms with Gasteiger partial charge in [0.2, 0.25) is 0 Å². The van der Waals surface area contributed by atoms with E-state index in [1.165, 1.54) is 5.56 Å². The second kappa shape index (κ2) is 15.1. The van der Waals surface area contributed by atoms with Gasteiger partial charge < -0.3 is 25.2 Å². The molecule has 1 aliphatic rings. The molecule has 0 spiro atoms. The third-order valence-electron chi connectivity index (χ3n) is 8.34. The second-order valence-electron chi connectivity index (χ2n) is 11.4. The second-order valence-corrected chi connectivity index (χ2v) is 11.4. The molecule has 7 heteroatoms. The van der Waals surface area contributed by atoms with Gasteiger partial charge in [0.25, 0.3) is 0 Å². The maximum absolute atomic E-state index is 12.0. The van der Waals surface area contributed by atoms with Crippen LogP contribution in [0.4, 0.5) is 4.79 Å². The number of carbonyl (C=O) groups excluding carboxylic acids is 1. The third-order valence-corrected chi connectivity index (χ3v) is 8.34. The summed E-state index contributed by atoms with van der Waals surface area (Å²) in [6.45, 7) is 5.91. The molecule has 3 N–H and O–H groups in total. The quantitative estimate of drug-likeness (QED) is 0.176. The predicted molar refractivity (Wildman–Crippen MR) is 174 cm³/mol. The van der Waals surface area contributed by atoms with Crippen LogP contribution in [0.25, 0.3) is 11.1 Å². The van der Waals surface area contributed by atoms with Crippen LogP contribution >= 0.6 is 0 Å². The van der Waals surface area contributed by atoms with Gasteiger partial charge in [0.05, 0.1) is 18.8 Å². The SMILES string of the molecule is CCNC(=O)NCc1ccccc1-c1ccc([C@@H]2O[C@H](CN(C)[C@@H](C)c3ccccc3)C[C@H](c3ccc(CO)cc3)O2)cc1. The summed E-state index contributed by atoms with van der Waals surface area (Å²) in [6, 6.07) is 35.0. The number of benzene rings is 4. The Morgan fingerprint density at radius 1 is 0.886 bits per heavy atom. The van der Waals surface area contributed by atoms with Gasteiger partial charge in [0.1, 0.15) is 0 Å². The molecule has 1 heterocycles. The summed E-state index contributed by atoms with van der Waals surface area (Å²) in [5.74, 6) is 0. The molecule has 0 unspecified atom stereocenters. The molecule has 4 aromatic carbocycles. The molecule has 1 saturated heterocycles. The molecule has 44 heavy (non-hydrogen) atoms. The standard InChI is InChI=1S/C37H43N3O4/c1-4-38-37(42)39-23-32-12-8-9-13-34(32)29-18-20-31(21-19-29)36-43-33(24-40(3)26(2)28-10-6-5-7-11-28)22-35(44-36)30-16-14-27(25-41)15-17-30/h5-21,26,33,35-36,41H,4,22-25H2,1-3H3,(H2,38,39,42)/t26-,33-,35+,36+/m0/s1. The van der Waals surface area contributed by atoms with Crippen molar-refractivity contribution in [3.8, 4) is 11.1 Å². The van der Waals surface area contributed by atoms with E-state index in [2.05, 4.69) is 84.1 Å². The minimum Gasteiger partial charge on any atom is -0.392 e. The van der Waals surface area contributed by atoms with E-state index in [1.807, 2.05) is 55.5 Å². The van der Waals surface area contributed by atoms with E-state index >= 15 is 0 Å². The molecule has 0 aromatic heterocycles. The maximum Gasteiger partial charge on any atom is 0.315 e. The lowest BCUT2D eigenvalue weighted by atomic mass is 9.97. The average Bonchev–Trinajstić information content (AvgIpc) is 3.07. The molecule has 0 bridgehead atoms. The van der Waals surface area contributed by atoms with Gasteiger partial charge in [-0.05, 0) is 54.3 Å². The number of hydrogen-bond acceptors (Lipinski definition) is 5. The van der Waals surface area contributed by atoms with Crippen molar-refractivity contribution in [3.63, 3.8) is 0 Å². The fourth-order valence-electron chi connectivity index (χ4n) is 5.67. The summed E-state index contributed by atoms with van der Waals surface area (Å²) in [5, 5.41) is 15.2. The zero-order chi connectivity index (χ0) is 30.9. The Hall–Kier alpha value is -4.01. The summed E-state index contributed by atoms with van der Waals surface area (Å²) < 4.78 is 13.2. The molecule has 0 radical (unpaired) electrons. The highest BCUT2D eigenvalue weighted by Crippen LogP contribution is 2.39. The van der Waals surface area contributed by atoms with Crippen molar-refractivity contribution in [2.75, 3.05) is 20.1 Å². The number of likely N-dealkylation sites (N-methyl/N-ethyl adjacent to an activating group) is 1. The molecule has 4 aromatic rings. The number of hydrogen-bond donors (Lipinski definition) is 3. The van der Waals surface area contributed by atoms with Crippen molar-refractivity contribution in [2.45, 2.75) is 58.0 Å². The Bertz CT molecular complexity index is 1480. The first-order chi connectivity index (χ1) is 21.4. The van der Waals surface area contributed by atoms with Crippen LogP contribution in [-0.2, 0) is 22.6 Å². The first-order valence-corrected chi connectivity index (χ1v) is 15.4. The molecular formula is C37H43N3O4. The van der Waals surface area contributed by atoms with Gasteiger partial charge in [-0.15, -0.1) is 0 Å². The van der Waals surface area contributed by atoms with Gasteiger partial charge in [0.15, 0.2) is 6.29 Å². The highest BCUT2D eigenvalue weighted by molar-refractivity contribution is 5.74. The zero-order valence-corrected chi connectivity index (χ0v) is 25.8. The van der Waals surface area contributed by atoms with Crippen LogP contribution in [0.1, 0.15) is 66.5 Å². The predicted octanol–water partition coefficient (Wildman–Crippen LogP) is 6.90. The van der Waals surface area contributed by atoms with Crippen LogP contribution in [0.3, 0.4) is 0 Å². The molecule has 7 nitrogen and oxygen atoms in total. The summed E-state index contributed by atoms with van der Waals surface area (Å²) in [5.41, 5.74) is 7.34. The van der Waals surface area contributed by atoms with E-state index < -0.39 is 6.29 Å². The van der Waals surface area contributed by atoms with Crippen LogP contribution < -0.4 is 10.6 Å². The Balaban J connectivity index is 1.35. The highest BCUT2D eigenvalue weighted by atomic mass is 16.7. The topological polar surface area (TPSA) is 83.1 Å². The molecule has 5 rings (SSSR count). The molecular weight excluding hydrogens is 550 g/mol. The monoisotopic (exact) mass is 593 g/mol. The summed E-state index contributed by atoms with van der Waals surface area (Å²) in [7, 11) is 2.14. The van der Waals surface area contributed by atoms with Crippen LogP contribution in [0, 0.1) is 0 Å². The van der Waals surface area contributed by atoms with Crippen LogP contribution in [0.5, 0.6) is 0 Å². The lowest BCUT2D eigenvalue weighted by molar-refractivity contribution is -0.253. The fraction of sp³-hybridized carbons (Fsp3) is 0.324. The van der Waals surface area contributed by atoms with Crippen molar-refractivity contribution in [2.24, 2.45) is 0 Å². The van der Waals surface area contributed by atoms with E-state index in [-0.39, 0.29) is 30.9 Å². The van der Waals surface area contributed by atoms with Gasteiger partial charge in [-0.2, -0.15) is 0 Å². The number of aliphatic hydroxyl groups is 1. The number of amides is 2. The number of nitrogens with one attached hydrogen (secondary N) is 2. The van der Waals surface area contributed by atoms with Gasteiger partial charge in [-0.3, -0.25) is 4.90 Å². The largest absolute Gasteiger partial charge is 0.392 e. The molecule has 230 valence electrons. The van der Waals surface area contributed by atoms with Crippen molar-refractivity contribution in [1.29, 1.82) is 0 Å². The first kappa shape index (κ1) is 31.4. The Morgan fingerprint density at radius 3 is 2.27 bits per heavy atom. The summed E-state index contributed by atoms with van der Waals surface area (Å²) in [6.07, 6.45) is 0.00600. The normalized spacial score (nSPS) is 19.0. The van der Waals surface area contributed by atoms with E-state index in [9.17, 15) is 9.90 Å². The number of aliphatic hydroxyl groups excluding tert-OH is 1. The zero-order valence-electron chi connectivity index (χ0n) is 25.8. The number of urea groups is 1. The van der Waals surface area contributed by atoms with Crippen molar-refractivity contribution >= 4 is 6.03 Å². The van der Waals surface area contributed by atoms with E-state index in [4.69, 9.17) is 9.47 Å². The number of rotatable bonds is 11. The Morgan fingerprint density at radius 2 is 1.57 bits per heavy atom. The minimum absolute atomic E-state index is 0.0137. The van der Waals surface area contributed by atoms with E-state index in [0.29, 0.717) is 13.1 Å². The van der Waals surface area contributed by atoms with Crippen molar-refractivity contribution in [3.05, 3.63) is 131 Å². The molecule has 0 saturated carbocycles. The van der Waals surface area contributed by atoms with Crippen molar-refractivity contribution < 1.29 is 19.4 Å². The van der Waals surface area contributed by atoms with Gasteiger partial charge >= 0.3 is 6.03 Å². The molecule has 2 amide bonds. The van der Waals surface area contributed by atoms with Gasteiger partial charge in [0, 0.05) is 37.7 Å². The highest BCUT2D eigenvalue weighted by Gasteiger charge is 2.33. The lowest BCUT2D eigenvalue weighted by Gasteiger charge is -2.39. The Kier molecular flexibility index (Phi) is 10.8. The molecule has 1 aliphatic heterocycles. The summed E-state index contributed by atoms with van der Waals surface area (Å²) >= 11 is 0. The van der Waals surface area contributed by atoms with Crippen LogP contribution in [0.15, 0.2) is 103 Å². The lowest BCUT2D eigenvalue weighted by Crippen LogP contribution is -2.38. The maximum atomic E-state index is 12.0. The van der Waals surface area contributed by atoms with Gasteiger partial charge in [-0.25, -0.2) is 4.79 Å². The van der Waals surface area contributed by atoms with E-state index in [1.54, 1.807) is 0 Å². The summed E-state index contributed by atoms with van der Waals surface area (Å²) in [4.78, 5) is 14.3. The van der Waals surface area contributed by atoms with Crippen LogP contribution in [-0.4, -0.2) is 42.3 Å². The van der Waals surface area contributed by atoms with E-state index in [0.717, 1.165) is 46.3 Å². The number of ether oxygens (including phenoxy) is 2. The smallest absolute Gasteiger partial charge is 0.315 e. The third kappa shape index (κ3) is 7.92. The first-order valence-electron chi connectivity index (χ1n) is 15.4. The number of carbonyl (C=O) groups is 1. The molecule has 0 aliphatic carbocycles. The minimum atomic E-state index is -0.527. The Labute approximate surface area is 260 Å². The number of nitrogens with zero attached hydrogens (tertiary/aromatic N) is 1. The van der Waals surface area contributed by atoms with Crippen molar-refractivity contribution in [1.82, 2.24) is 15.5 Å². The molecule has 4 atom stereocenters. The average molecular weight is 594 g/mol.